The summed E-state index contributed by atoms with van der Waals surface area (Å²) >= 11 is 0. The zero-order valence-corrected chi connectivity index (χ0v) is 73.1. The number of halogens is 5. The van der Waals surface area contributed by atoms with Crippen LogP contribution in [0.3, 0.4) is 0 Å². The number of alkyl halides is 5. The van der Waals surface area contributed by atoms with Gasteiger partial charge in [0.2, 0.25) is 5.91 Å². The zero-order chi connectivity index (χ0) is 83.8. The molecule has 622 valence electrons. The monoisotopic (exact) mass is 1700 g/mol. The molecule has 1 amide bonds. The first-order valence-electron chi connectivity index (χ1n) is 39.0. The summed E-state index contributed by atoms with van der Waals surface area (Å²) in [7, 11) is -7.58. The van der Waals surface area contributed by atoms with Crippen LogP contribution in [0.5, 0.6) is 0 Å². The molecule has 2 saturated heterocycles. The van der Waals surface area contributed by atoms with Crippen molar-refractivity contribution in [2.24, 2.45) is 34.5 Å². The molecule has 8 aromatic rings. The highest BCUT2D eigenvalue weighted by atomic mass is 32.3. The first kappa shape index (κ1) is 93.5. The summed E-state index contributed by atoms with van der Waals surface area (Å²) < 4.78 is 128. The maximum Gasteiger partial charge on any atom is 0.401 e. The Bertz CT molecular complexity index is 4240. The Morgan fingerprint density at radius 2 is 0.887 bits per heavy atom. The van der Waals surface area contributed by atoms with Crippen molar-refractivity contribution in [3.8, 4) is 0 Å². The van der Waals surface area contributed by atoms with E-state index in [0.717, 1.165) is 72.4 Å². The molecule has 2 aliphatic heterocycles. The normalized spacial score (nSPS) is 19.4. The maximum absolute atomic E-state index is 12.7. The third-order valence-electron chi connectivity index (χ3n) is 20.4. The predicted molar refractivity (Wildman–Crippen MR) is 458 cm³/mol. The number of sulfonamides is 2. The average molecular weight is 1700 g/mol. The van der Waals surface area contributed by atoms with Crippen LogP contribution in [0.4, 0.5) is 22.0 Å². The fourth-order valence-electron chi connectivity index (χ4n) is 14.6. The van der Waals surface area contributed by atoms with E-state index in [0.29, 0.717) is 52.8 Å². The molecule has 0 aromatic heterocycles. The van der Waals surface area contributed by atoms with Crippen LogP contribution in [0.15, 0.2) is 258 Å². The number of carbonyl (C=O) groups excluding carboxylic acids is 3. The SMILES string of the molecule is CC(C(=O)OCCS(=O)(=O)[N-]S(C)(=O)=O)C(F)F.CC(C)(C)c1ccc([S+]2CCOCC2)cc1.CC(C)(C)c1ccc([S+]2CCOCC2)cc1.CCNC(=O)C12CC3CC(CC(COC(=O)C(C)C(F)(F)F)(C3)C1)C2.Cc1ccc([S+](c2ccccc2)c2ccccc2)cc1.Cc1ccc([S+](c2ccccc2)c2ccccc2)cc1. The predicted octanol–water partition coefficient (Wildman–Crippen LogP) is 19.7. The van der Waals surface area contributed by atoms with Gasteiger partial charge in [0.25, 0.3) is 6.43 Å². The molecule has 4 bridgehead atoms. The van der Waals surface area contributed by atoms with E-state index < -0.39 is 74.2 Å². The third kappa shape index (κ3) is 29.2. The molecule has 6 fully saturated rings. The van der Waals surface area contributed by atoms with Gasteiger partial charge in [0.1, 0.15) is 41.5 Å². The second-order valence-corrected chi connectivity index (χ2v) is 44.2. The topological polar surface area (TPSA) is 183 Å². The van der Waals surface area contributed by atoms with Gasteiger partial charge in [-0.2, -0.15) is 13.2 Å². The lowest BCUT2D eigenvalue weighted by Gasteiger charge is -2.61. The smallest absolute Gasteiger partial charge is 0.401 e. The van der Waals surface area contributed by atoms with Crippen molar-refractivity contribution in [1.29, 1.82) is 0 Å². The third-order valence-corrected chi connectivity index (χ3v) is 32.0. The lowest BCUT2D eigenvalue weighted by molar-refractivity contribution is -0.202. The van der Waals surface area contributed by atoms with E-state index in [9.17, 15) is 53.2 Å². The van der Waals surface area contributed by atoms with Gasteiger partial charge in [0, 0.05) is 40.0 Å². The van der Waals surface area contributed by atoms with Crippen LogP contribution in [0.2, 0.25) is 0 Å². The van der Waals surface area contributed by atoms with Crippen LogP contribution < -0.4 is 5.32 Å². The van der Waals surface area contributed by atoms with Crippen LogP contribution in [-0.4, -0.2) is 128 Å². The maximum atomic E-state index is 12.7. The van der Waals surface area contributed by atoms with E-state index in [1.54, 1.807) is 0 Å². The molecule has 4 saturated carbocycles. The van der Waals surface area contributed by atoms with Crippen LogP contribution in [0, 0.1) is 48.3 Å². The highest BCUT2D eigenvalue weighted by Crippen LogP contribution is 2.65. The highest BCUT2D eigenvalue weighted by Gasteiger charge is 2.61. The average Bonchev–Trinajstić information content (AvgIpc) is 0.717. The van der Waals surface area contributed by atoms with Gasteiger partial charge in [0.15, 0.2) is 39.2 Å². The first-order valence-corrected chi connectivity index (χ1v) is 48.1. The van der Waals surface area contributed by atoms with Crippen molar-refractivity contribution >= 4 is 81.5 Å². The molecule has 4 atom stereocenters. The number of amides is 1. The first-order chi connectivity index (χ1) is 54.4. The molecule has 1 N–H and O–H groups in total. The van der Waals surface area contributed by atoms with Crippen LogP contribution in [0.25, 0.3) is 4.13 Å². The quantitative estimate of drug-likeness (QED) is 0.0435. The number of aryl methyl sites for hydroxylation is 2. The van der Waals surface area contributed by atoms with E-state index in [1.807, 2.05) is 6.92 Å². The summed E-state index contributed by atoms with van der Waals surface area (Å²) in [6.07, 6.45) is -1.83. The van der Waals surface area contributed by atoms with Crippen LogP contribution in [0.1, 0.15) is 123 Å². The molecule has 4 aliphatic carbocycles. The number of hydrogen-bond donors (Lipinski definition) is 1. The van der Waals surface area contributed by atoms with Crippen molar-refractivity contribution in [2.45, 2.75) is 177 Å². The number of nitrogens with zero attached hydrogens (tertiary/aromatic N) is 1. The van der Waals surface area contributed by atoms with E-state index >= 15 is 0 Å². The second-order valence-electron chi connectivity index (χ2n) is 31.9. The van der Waals surface area contributed by atoms with E-state index in [1.165, 1.54) is 84.4 Å². The van der Waals surface area contributed by atoms with Crippen molar-refractivity contribution in [3.63, 3.8) is 0 Å². The molecule has 2 heterocycles. The fraction of sp³-hybridized carbons (Fsp3) is 0.440. The lowest BCUT2D eigenvalue weighted by Crippen LogP contribution is -2.58. The molecule has 4 unspecified atom stereocenters. The minimum absolute atomic E-state index is 0.000405. The van der Waals surface area contributed by atoms with E-state index in [-0.39, 0.29) is 50.5 Å². The summed E-state index contributed by atoms with van der Waals surface area (Å²) in [6.45, 7) is 25.0. The summed E-state index contributed by atoms with van der Waals surface area (Å²) in [5, 5.41) is 2.93. The van der Waals surface area contributed by atoms with E-state index in [2.05, 4.69) is 288 Å². The molecule has 0 radical (unpaired) electrons. The van der Waals surface area contributed by atoms with E-state index in [4.69, 9.17) is 14.2 Å². The number of rotatable bonds is 20. The Labute approximate surface area is 691 Å². The van der Waals surface area contributed by atoms with Gasteiger partial charge in [-0.15, -0.1) is 0 Å². The Morgan fingerprint density at radius 1 is 0.530 bits per heavy atom. The Morgan fingerprint density at radius 3 is 1.21 bits per heavy atom. The highest BCUT2D eigenvalue weighted by molar-refractivity contribution is 8.11. The van der Waals surface area contributed by atoms with Gasteiger partial charge >= 0.3 is 18.1 Å². The summed E-state index contributed by atoms with van der Waals surface area (Å²) in [6, 6.07) is 79.2. The zero-order valence-electron chi connectivity index (χ0n) is 68.2. The molecule has 8 aromatic carbocycles. The molecule has 0 spiro atoms. The number of hydrogen-bond acceptors (Lipinski definition) is 11. The van der Waals surface area contributed by atoms with Crippen molar-refractivity contribution in [2.75, 3.05) is 81.2 Å². The molecule has 13 nitrogen and oxygen atoms in total. The molecular formula is C91H114F5N2O11S6+3. The number of benzene rings is 8. The van der Waals surface area contributed by atoms with Gasteiger partial charge in [-0.1, -0.05) is 174 Å². The molecule has 24 heteroatoms. The van der Waals surface area contributed by atoms with Gasteiger partial charge in [-0.25, -0.2) is 25.6 Å². The van der Waals surface area contributed by atoms with Crippen molar-refractivity contribution < 1.29 is 72.1 Å². The van der Waals surface area contributed by atoms with Crippen molar-refractivity contribution in [3.05, 3.63) is 245 Å². The van der Waals surface area contributed by atoms with Gasteiger partial charge in [-0.3, -0.25) is 14.4 Å². The molecule has 115 heavy (non-hydrogen) atoms. The summed E-state index contributed by atoms with van der Waals surface area (Å²) in [4.78, 5) is 46.5. The second kappa shape index (κ2) is 43.1. The molecule has 6 aliphatic rings. The van der Waals surface area contributed by atoms with Gasteiger partial charge < -0.3 is 28.4 Å². The minimum Gasteiger partial charge on any atom is -0.465 e. The largest absolute Gasteiger partial charge is 0.465 e. The van der Waals surface area contributed by atoms with Crippen molar-refractivity contribution in [1.82, 2.24) is 5.32 Å². The van der Waals surface area contributed by atoms with Gasteiger partial charge in [-0.05, 0) is 204 Å². The van der Waals surface area contributed by atoms with Crippen LogP contribution >= 0.6 is 0 Å². The number of nitrogens with one attached hydrogen (secondary N) is 1. The molecule has 14 rings (SSSR count). The number of ether oxygens (including phenoxy) is 4. The molecular weight excluding hydrogens is 1580 g/mol. The summed E-state index contributed by atoms with van der Waals surface area (Å²) in [5.74, 6) is -1.48. The number of esters is 2. The fourth-order valence-corrected chi connectivity index (χ4v) is 24.7. The Balaban J connectivity index is 0.000000174. The number of carbonyl (C=O) groups is 3. The Kier molecular flexibility index (Phi) is 35.0. The van der Waals surface area contributed by atoms with Gasteiger partial charge in [0.05, 0.1) is 86.0 Å². The summed E-state index contributed by atoms with van der Waals surface area (Å²) in [5.41, 5.74) is 5.21. The standard InChI is InChI=1S/2C19H17S.C18H26F3NO3.2C14H21OS.C7H12F2NO6S2/c2*1-16-12-14-19(15-13-16)20(17-8-4-2-5-9-17)18-10-6-3-7-11-18;1-3-22-15(24)17-7-12-4-13(8-17)6-16(5-12,9-17)10-25-14(23)11(2)18(19,20)21;2*1-14(2,3)12-4-6-13(7-5-12)16-10-8-15-9-11-16;1-5(6(8)9)7(11)16-3-4-18(14,15)10-17(2,12)13/h2*2-15H,1H3;11-13H,3-10H2,1-2H3,(H,22,24);2*4-7H,8-11H2,1-3H3;5-6H,3-4H2,1-2H3/q2*+1;;2*+1;-1. The Hall–Kier alpha value is -7.00. The minimum atomic E-state index is -4.58. The lowest BCUT2D eigenvalue weighted by atomic mass is 9.44. The van der Waals surface area contributed by atoms with Crippen LogP contribution in [-0.2, 0) is 108 Å².